The zero-order valence-electron chi connectivity index (χ0n) is 19.2. The van der Waals surface area contributed by atoms with Gasteiger partial charge in [-0.2, -0.15) is 4.31 Å². The van der Waals surface area contributed by atoms with Gasteiger partial charge in [0, 0.05) is 26.2 Å². The molecule has 2 fully saturated rings. The van der Waals surface area contributed by atoms with Crippen LogP contribution in [-0.2, 0) is 26.2 Å². The number of hydrogen-bond acceptors (Lipinski definition) is 5. The molecule has 3 aliphatic rings. The number of carbonyl (C=O) groups excluding carboxylic acids is 2. The molecule has 3 aliphatic heterocycles. The van der Waals surface area contributed by atoms with Crippen molar-refractivity contribution in [3.8, 4) is 0 Å². The normalized spacial score (nSPS) is 20.7. The predicted octanol–water partition coefficient (Wildman–Crippen LogP) is 2.49. The maximum atomic E-state index is 13.5. The van der Waals surface area contributed by atoms with Gasteiger partial charge in [0.25, 0.3) is 0 Å². The third-order valence-electron chi connectivity index (χ3n) is 6.94. The molecule has 8 nitrogen and oxygen atoms in total. The topological polar surface area (TPSA) is 90.0 Å². The van der Waals surface area contributed by atoms with Crippen molar-refractivity contribution in [2.24, 2.45) is 0 Å². The molecule has 34 heavy (non-hydrogen) atoms. The first kappa shape index (κ1) is 22.9. The number of anilines is 2. The maximum Gasteiger partial charge on any atom is 0.250 e. The van der Waals surface area contributed by atoms with Gasteiger partial charge in [-0.05, 0) is 55.9 Å². The van der Waals surface area contributed by atoms with Crippen LogP contribution >= 0.6 is 0 Å². The zero-order chi connectivity index (χ0) is 23.7. The maximum absolute atomic E-state index is 13.5. The third-order valence-corrected chi connectivity index (χ3v) is 8.83. The minimum Gasteiger partial charge on any atom is -0.358 e. The highest BCUT2D eigenvalue weighted by molar-refractivity contribution is 7.89. The molecule has 0 bridgehead atoms. The lowest BCUT2D eigenvalue weighted by Gasteiger charge is -2.45. The second-order valence-electron chi connectivity index (χ2n) is 9.15. The molecule has 2 saturated heterocycles. The van der Waals surface area contributed by atoms with Gasteiger partial charge < -0.3 is 10.2 Å². The van der Waals surface area contributed by atoms with Crippen LogP contribution in [0.2, 0.25) is 0 Å². The SMILES string of the molecule is O=C(CN1C(=O)C2CCCCN2c2ccc(S(=O)(=O)N3CCCC3)cc21)NCc1ccccc1. The number of benzene rings is 2. The number of amides is 2. The Morgan fingerprint density at radius 3 is 2.44 bits per heavy atom. The molecule has 0 radical (unpaired) electrons. The lowest BCUT2D eigenvalue weighted by Crippen LogP contribution is -2.57. The average Bonchev–Trinajstić information content (AvgIpc) is 3.42. The van der Waals surface area contributed by atoms with E-state index in [0.717, 1.165) is 49.9 Å². The fourth-order valence-corrected chi connectivity index (χ4v) is 6.67. The Morgan fingerprint density at radius 1 is 0.941 bits per heavy atom. The molecule has 1 N–H and O–H groups in total. The largest absolute Gasteiger partial charge is 0.358 e. The summed E-state index contributed by atoms with van der Waals surface area (Å²) in [4.78, 5) is 30.1. The highest BCUT2D eigenvalue weighted by Crippen LogP contribution is 2.41. The Labute approximate surface area is 200 Å². The highest BCUT2D eigenvalue weighted by atomic mass is 32.2. The smallest absolute Gasteiger partial charge is 0.250 e. The predicted molar refractivity (Wildman–Crippen MR) is 130 cm³/mol. The molecule has 0 saturated carbocycles. The first-order valence-corrected chi connectivity index (χ1v) is 13.4. The Kier molecular flexibility index (Phi) is 6.31. The van der Waals surface area contributed by atoms with Crippen molar-refractivity contribution >= 4 is 33.2 Å². The van der Waals surface area contributed by atoms with Gasteiger partial charge in [-0.1, -0.05) is 30.3 Å². The summed E-state index contributed by atoms with van der Waals surface area (Å²) in [6.07, 6.45) is 4.37. The first-order chi connectivity index (χ1) is 16.4. The Balaban J connectivity index is 1.45. The molecule has 0 spiro atoms. The minimum absolute atomic E-state index is 0.141. The Hall–Kier alpha value is -2.91. The third kappa shape index (κ3) is 4.30. The summed E-state index contributed by atoms with van der Waals surface area (Å²) in [5.41, 5.74) is 2.29. The van der Waals surface area contributed by atoms with Gasteiger partial charge in [-0.25, -0.2) is 8.42 Å². The van der Waals surface area contributed by atoms with Gasteiger partial charge in [-0.15, -0.1) is 0 Å². The van der Waals surface area contributed by atoms with Gasteiger partial charge in [0.1, 0.15) is 12.6 Å². The van der Waals surface area contributed by atoms with E-state index in [1.54, 1.807) is 18.2 Å². The van der Waals surface area contributed by atoms with Gasteiger partial charge in [0.15, 0.2) is 0 Å². The number of piperidine rings is 1. The summed E-state index contributed by atoms with van der Waals surface area (Å²) in [6.45, 7) is 2.00. The fourth-order valence-electron chi connectivity index (χ4n) is 5.13. The van der Waals surface area contributed by atoms with E-state index in [4.69, 9.17) is 0 Å². The number of carbonyl (C=O) groups is 2. The summed E-state index contributed by atoms with van der Waals surface area (Å²) < 4.78 is 27.9. The molecular weight excluding hydrogens is 452 g/mol. The molecule has 1 atom stereocenters. The quantitative estimate of drug-likeness (QED) is 0.683. The van der Waals surface area contributed by atoms with E-state index in [1.807, 2.05) is 30.3 Å². The molecule has 1 unspecified atom stereocenters. The van der Waals surface area contributed by atoms with E-state index in [1.165, 1.54) is 9.21 Å². The van der Waals surface area contributed by atoms with E-state index in [2.05, 4.69) is 10.2 Å². The number of hydrogen-bond donors (Lipinski definition) is 1. The van der Waals surface area contributed by atoms with Crippen LogP contribution in [0, 0.1) is 0 Å². The van der Waals surface area contributed by atoms with E-state index < -0.39 is 10.0 Å². The molecule has 2 amide bonds. The van der Waals surface area contributed by atoms with Crippen LogP contribution in [-0.4, -0.2) is 56.8 Å². The number of nitrogens with one attached hydrogen (secondary N) is 1. The molecular formula is C25H30N4O4S. The van der Waals surface area contributed by atoms with Crippen molar-refractivity contribution in [1.82, 2.24) is 9.62 Å². The van der Waals surface area contributed by atoms with Crippen LogP contribution < -0.4 is 15.1 Å². The van der Waals surface area contributed by atoms with Crippen molar-refractivity contribution in [2.45, 2.75) is 49.6 Å². The summed E-state index contributed by atoms with van der Waals surface area (Å²) in [7, 11) is -3.64. The van der Waals surface area contributed by atoms with Crippen molar-refractivity contribution in [3.05, 3.63) is 54.1 Å². The first-order valence-electron chi connectivity index (χ1n) is 12.0. The van der Waals surface area contributed by atoms with Crippen LogP contribution in [0.15, 0.2) is 53.4 Å². The Morgan fingerprint density at radius 2 is 1.68 bits per heavy atom. The van der Waals surface area contributed by atoms with Crippen LogP contribution in [0.25, 0.3) is 0 Å². The fraction of sp³-hybridized carbons (Fsp3) is 0.440. The number of sulfonamides is 1. The van der Waals surface area contributed by atoms with E-state index in [-0.39, 0.29) is 29.3 Å². The van der Waals surface area contributed by atoms with Crippen LogP contribution in [0.4, 0.5) is 11.4 Å². The van der Waals surface area contributed by atoms with Crippen molar-refractivity contribution in [3.63, 3.8) is 0 Å². The van der Waals surface area contributed by atoms with E-state index in [9.17, 15) is 18.0 Å². The van der Waals surface area contributed by atoms with Crippen molar-refractivity contribution in [1.29, 1.82) is 0 Å². The van der Waals surface area contributed by atoms with Gasteiger partial charge in [0.2, 0.25) is 21.8 Å². The summed E-state index contributed by atoms with van der Waals surface area (Å²) in [6, 6.07) is 14.3. The standard InChI is InChI=1S/C25H30N4O4S/c30-24(26-17-19-8-2-1-3-9-19)18-29-23-16-20(34(32,33)27-13-6-7-14-27)11-12-21(23)28-15-5-4-10-22(28)25(29)31/h1-3,8-9,11-12,16,22H,4-7,10,13-15,17-18H2,(H,26,30). The highest BCUT2D eigenvalue weighted by Gasteiger charge is 2.41. The van der Waals surface area contributed by atoms with Crippen LogP contribution in [0.3, 0.4) is 0 Å². The second kappa shape index (κ2) is 9.38. The molecule has 0 aliphatic carbocycles. The molecule has 3 heterocycles. The summed E-state index contributed by atoms with van der Waals surface area (Å²) >= 11 is 0. The molecule has 9 heteroatoms. The number of fused-ring (bicyclic) bond motifs is 3. The van der Waals surface area contributed by atoms with E-state index in [0.29, 0.717) is 25.3 Å². The minimum atomic E-state index is -3.64. The van der Waals surface area contributed by atoms with Crippen molar-refractivity contribution in [2.75, 3.05) is 36.0 Å². The summed E-state index contributed by atoms with van der Waals surface area (Å²) in [5.74, 6) is -0.419. The zero-order valence-corrected chi connectivity index (χ0v) is 20.0. The van der Waals surface area contributed by atoms with Crippen LogP contribution in [0.5, 0.6) is 0 Å². The second-order valence-corrected chi connectivity index (χ2v) is 11.1. The number of rotatable bonds is 6. The van der Waals surface area contributed by atoms with Gasteiger partial charge in [-0.3, -0.25) is 14.5 Å². The molecule has 2 aromatic carbocycles. The lowest BCUT2D eigenvalue weighted by molar-refractivity contribution is -0.125. The van der Waals surface area contributed by atoms with Gasteiger partial charge >= 0.3 is 0 Å². The van der Waals surface area contributed by atoms with Crippen molar-refractivity contribution < 1.29 is 18.0 Å². The molecule has 0 aromatic heterocycles. The van der Waals surface area contributed by atoms with Crippen LogP contribution in [0.1, 0.15) is 37.7 Å². The molecule has 5 rings (SSSR count). The average molecular weight is 483 g/mol. The summed E-state index contributed by atoms with van der Waals surface area (Å²) in [5, 5.41) is 2.89. The van der Waals surface area contributed by atoms with E-state index >= 15 is 0 Å². The Bertz CT molecular complexity index is 1180. The molecule has 180 valence electrons. The lowest BCUT2D eigenvalue weighted by atomic mass is 9.96. The molecule has 2 aromatic rings. The van der Waals surface area contributed by atoms with Gasteiger partial charge in [0.05, 0.1) is 16.3 Å². The number of nitrogens with zero attached hydrogens (tertiary/aromatic N) is 3. The monoisotopic (exact) mass is 482 g/mol.